The highest BCUT2D eigenvalue weighted by atomic mass is 32.1. The van der Waals surface area contributed by atoms with Gasteiger partial charge in [-0.25, -0.2) is 0 Å². The lowest BCUT2D eigenvalue weighted by Gasteiger charge is -2.23. The van der Waals surface area contributed by atoms with E-state index < -0.39 is 0 Å². The minimum Gasteiger partial charge on any atom is -0.396 e. The summed E-state index contributed by atoms with van der Waals surface area (Å²) in [5, 5.41) is 14.3. The van der Waals surface area contributed by atoms with Crippen LogP contribution in [0.3, 0.4) is 0 Å². The van der Waals surface area contributed by atoms with Crippen LogP contribution in [-0.2, 0) is 11.2 Å². The minimum absolute atomic E-state index is 0.0430. The highest BCUT2D eigenvalue weighted by Gasteiger charge is 2.27. The van der Waals surface area contributed by atoms with Crippen LogP contribution in [0.1, 0.15) is 55.4 Å². The molecule has 1 heterocycles. The molecule has 1 amide bonds. The molecule has 0 saturated carbocycles. The van der Waals surface area contributed by atoms with Crippen molar-refractivity contribution in [3.63, 3.8) is 0 Å². The number of amides is 1. The van der Waals surface area contributed by atoms with Gasteiger partial charge in [0.15, 0.2) is 0 Å². The topological polar surface area (TPSA) is 49.3 Å². The molecule has 1 aromatic heterocycles. The maximum Gasteiger partial charge on any atom is 0.227 e. The van der Waals surface area contributed by atoms with Crippen molar-refractivity contribution in [2.24, 2.45) is 5.92 Å². The van der Waals surface area contributed by atoms with Crippen LogP contribution in [0, 0.1) is 5.92 Å². The van der Waals surface area contributed by atoms with E-state index in [1.807, 2.05) is 0 Å². The second kappa shape index (κ2) is 7.79. The van der Waals surface area contributed by atoms with E-state index in [2.05, 4.69) is 23.7 Å². The van der Waals surface area contributed by atoms with E-state index in [1.165, 1.54) is 10.4 Å². The molecule has 2 N–H and O–H groups in total. The standard InChI is InChI=1S/C16H25NO2S/c1-2-4-12(7-9-18)11-17-16(19)14-5-3-6-15-13(14)8-10-20-15/h8,10,12,14,18H,2-7,9,11H2,1H3,(H,17,19). The third-order valence-electron chi connectivity index (χ3n) is 4.17. The van der Waals surface area contributed by atoms with Crippen molar-refractivity contribution in [3.05, 3.63) is 21.9 Å². The molecule has 20 heavy (non-hydrogen) atoms. The minimum atomic E-state index is 0.0430. The van der Waals surface area contributed by atoms with Crippen molar-refractivity contribution in [3.8, 4) is 0 Å². The zero-order valence-electron chi connectivity index (χ0n) is 12.2. The van der Waals surface area contributed by atoms with Gasteiger partial charge < -0.3 is 10.4 Å². The summed E-state index contributed by atoms with van der Waals surface area (Å²) in [6, 6.07) is 2.11. The van der Waals surface area contributed by atoms with Gasteiger partial charge in [-0.05, 0) is 55.0 Å². The summed E-state index contributed by atoms with van der Waals surface area (Å²) < 4.78 is 0. The maximum atomic E-state index is 12.4. The number of nitrogens with one attached hydrogen (secondary N) is 1. The first-order chi connectivity index (χ1) is 9.76. The molecule has 0 radical (unpaired) electrons. The van der Waals surface area contributed by atoms with Gasteiger partial charge in [0.1, 0.15) is 0 Å². The largest absolute Gasteiger partial charge is 0.396 e. The smallest absolute Gasteiger partial charge is 0.227 e. The van der Waals surface area contributed by atoms with Crippen molar-refractivity contribution in [1.29, 1.82) is 0 Å². The van der Waals surface area contributed by atoms with Gasteiger partial charge in [-0.15, -0.1) is 11.3 Å². The third-order valence-corrected chi connectivity index (χ3v) is 5.16. The van der Waals surface area contributed by atoms with E-state index in [0.717, 1.165) is 38.5 Å². The monoisotopic (exact) mass is 295 g/mol. The van der Waals surface area contributed by atoms with Gasteiger partial charge >= 0.3 is 0 Å². The van der Waals surface area contributed by atoms with Gasteiger partial charge in [0, 0.05) is 18.0 Å². The van der Waals surface area contributed by atoms with Crippen molar-refractivity contribution in [2.75, 3.05) is 13.2 Å². The first-order valence-corrected chi connectivity index (χ1v) is 8.59. The number of hydrogen-bond donors (Lipinski definition) is 2. The average molecular weight is 295 g/mol. The summed E-state index contributed by atoms with van der Waals surface area (Å²) >= 11 is 1.77. The number of carbonyl (C=O) groups is 1. The number of aliphatic hydroxyl groups is 1. The van der Waals surface area contributed by atoms with Crippen molar-refractivity contribution in [2.45, 2.75) is 51.4 Å². The molecule has 0 bridgehead atoms. The van der Waals surface area contributed by atoms with Crippen molar-refractivity contribution < 1.29 is 9.90 Å². The molecule has 2 atom stereocenters. The number of carbonyl (C=O) groups excluding carboxylic acids is 1. The molecule has 112 valence electrons. The highest BCUT2D eigenvalue weighted by molar-refractivity contribution is 7.10. The Labute approximate surface area is 125 Å². The molecule has 2 rings (SSSR count). The average Bonchev–Trinajstić information content (AvgIpc) is 2.93. The van der Waals surface area contributed by atoms with Gasteiger partial charge in [0.05, 0.1) is 5.92 Å². The van der Waals surface area contributed by atoms with Gasteiger partial charge in [-0.1, -0.05) is 13.3 Å². The van der Waals surface area contributed by atoms with Crippen molar-refractivity contribution >= 4 is 17.2 Å². The Balaban J connectivity index is 1.89. The lowest BCUT2D eigenvalue weighted by molar-refractivity contribution is -0.123. The van der Waals surface area contributed by atoms with E-state index in [1.54, 1.807) is 11.3 Å². The molecule has 4 heteroatoms. The summed E-state index contributed by atoms with van der Waals surface area (Å²) in [5.74, 6) is 0.615. The van der Waals surface area contributed by atoms with Crippen LogP contribution >= 0.6 is 11.3 Å². The molecule has 3 nitrogen and oxygen atoms in total. The zero-order valence-corrected chi connectivity index (χ0v) is 13.0. The normalized spacial score (nSPS) is 19.4. The van der Waals surface area contributed by atoms with Crippen LogP contribution in [0.25, 0.3) is 0 Å². The first-order valence-electron chi connectivity index (χ1n) is 7.71. The van der Waals surface area contributed by atoms with E-state index in [4.69, 9.17) is 5.11 Å². The molecular weight excluding hydrogens is 270 g/mol. The van der Waals surface area contributed by atoms with Crippen LogP contribution in [-0.4, -0.2) is 24.2 Å². The summed E-state index contributed by atoms with van der Waals surface area (Å²) in [7, 11) is 0. The predicted octanol–water partition coefficient (Wildman–Crippen LogP) is 3.08. The third kappa shape index (κ3) is 3.83. The fourth-order valence-electron chi connectivity index (χ4n) is 3.07. The molecule has 2 unspecified atom stereocenters. The molecule has 1 aliphatic carbocycles. The van der Waals surface area contributed by atoms with Gasteiger partial charge in [0.25, 0.3) is 0 Å². The van der Waals surface area contributed by atoms with E-state index in [9.17, 15) is 4.79 Å². The van der Waals surface area contributed by atoms with Gasteiger partial charge in [-0.2, -0.15) is 0 Å². The number of hydrogen-bond acceptors (Lipinski definition) is 3. The highest BCUT2D eigenvalue weighted by Crippen LogP contribution is 2.35. The molecule has 0 aliphatic heterocycles. The fraction of sp³-hybridized carbons (Fsp3) is 0.688. The van der Waals surface area contributed by atoms with Gasteiger partial charge in [-0.3, -0.25) is 4.79 Å². The van der Waals surface area contributed by atoms with Crippen LogP contribution in [0.2, 0.25) is 0 Å². The van der Waals surface area contributed by atoms with E-state index in [-0.39, 0.29) is 18.4 Å². The Bertz CT molecular complexity index is 424. The maximum absolute atomic E-state index is 12.4. The summed E-state index contributed by atoms with van der Waals surface area (Å²) in [6.45, 7) is 3.05. The Hall–Kier alpha value is -0.870. The molecule has 0 spiro atoms. The number of fused-ring (bicyclic) bond motifs is 1. The summed E-state index contributed by atoms with van der Waals surface area (Å²) in [4.78, 5) is 13.8. The predicted molar refractivity (Wildman–Crippen MR) is 83.1 cm³/mol. The van der Waals surface area contributed by atoms with Crippen LogP contribution in [0.5, 0.6) is 0 Å². The molecule has 1 aromatic rings. The van der Waals surface area contributed by atoms with Gasteiger partial charge in [0.2, 0.25) is 5.91 Å². The number of aliphatic hydroxyl groups excluding tert-OH is 1. The fourth-order valence-corrected chi connectivity index (χ4v) is 4.05. The van der Waals surface area contributed by atoms with Crippen LogP contribution < -0.4 is 5.32 Å². The Morgan fingerprint density at radius 1 is 1.55 bits per heavy atom. The number of thiophene rings is 1. The second-order valence-electron chi connectivity index (χ2n) is 5.66. The number of rotatable bonds is 7. The SMILES string of the molecule is CCCC(CCO)CNC(=O)C1CCCc2sccc21. The van der Waals surface area contributed by atoms with Crippen LogP contribution in [0.15, 0.2) is 11.4 Å². The summed E-state index contributed by atoms with van der Waals surface area (Å²) in [6.07, 6.45) is 6.14. The van der Waals surface area contributed by atoms with E-state index >= 15 is 0 Å². The molecule has 0 saturated heterocycles. The van der Waals surface area contributed by atoms with Crippen molar-refractivity contribution in [1.82, 2.24) is 5.32 Å². The van der Waals surface area contributed by atoms with Crippen LogP contribution in [0.4, 0.5) is 0 Å². The lowest BCUT2D eigenvalue weighted by Crippen LogP contribution is -2.34. The second-order valence-corrected chi connectivity index (χ2v) is 6.66. The molecular formula is C16H25NO2S. The molecule has 1 aliphatic rings. The molecule has 0 fully saturated rings. The Morgan fingerprint density at radius 3 is 3.15 bits per heavy atom. The summed E-state index contributed by atoms with van der Waals surface area (Å²) in [5.41, 5.74) is 1.24. The number of aryl methyl sites for hydroxylation is 1. The molecule has 0 aromatic carbocycles. The van der Waals surface area contributed by atoms with E-state index in [0.29, 0.717) is 12.5 Å². The first kappa shape index (κ1) is 15.5. The Morgan fingerprint density at radius 2 is 2.40 bits per heavy atom. The zero-order chi connectivity index (χ0) is 14.4. The lowest BCUT2D eigenvalue weighted by atomic mass is 9.87. The Kier molecular flexibility index (Phi) is 6.05. The quantitative estimate of drug-likeness (QED) is 0.812.